The second-order valence-electron chi connectivity index (χ2n) is 5.92. The molecule has 2 fully saturated rings. The van der Waals surface area contributed by atoms with Gasteiger partial charge in [0, 0.05) is 18.0 Å². The average molecular weight is 363 g/mol. The molecule has 3 rings (SSSR count). The van der Waals surface area contributed by atoms with Gasteiger partial charge in [0.1, 0.15) is 0 Å². The number of carbonyl (C=O) groups is 1. The summed E-state index contributed by atoms with van der Waals surface area (Å²) in [6.07, 6.45) is 1.99. The van der Waals surface area contributed by atoms with Crippen LogP contribution in [-0.2, 0) is 0 Å². The number of alkyl halides is 2. The molecule has 0 radical (unpaired) electrons. The summed E-state index contributed by atoms with van der Waals surface area (Å²) in [4.78, 5) is 14.9. The first-order valence-corrected chi connectivity index (χ1v) is 8.57. The minimum atomic E-state index is -2.51. The van der Waals surface area contributed by atoms with Crippen molar-refractivity contribution in [1.82, 2.24) is 10.2 Å². The zero-order valence-electron chi connectivity index (χ0n) is 12.7. The van der Waals surface area contributed by atoms with Gasteiger partial charge in [-0.1, -0.05) is 23.9 Å². The van der Waals surface area contributed by atoms with E-state index < -0.39 is 5.76 Å². The fraction of sp³-hybridized carbons (Fsp3) is 0.562. The van der Waals surface area contributed by atoms with Gasteiger partial charge in [-0.25, -0.2) is 0 Å². The van der Waals surface area contributed by atoms with Crippen molar-refractivity contribution in [3.63, 3.8) is 0 Å². The molecule has 7 heteroatoms. The molecule has 2 heterocycles. The van der Waals surface area contributed by atoms with E-state index in [2.05, 4.69) is 5.32 Å². The summed E-state index contributed by atoms with van der Waals surface area (Å²) in [6.45, 7) is 3.50. The van der Waals surface area contributed by atoms with Crippen LogP contribution in [0.5, 0.6) is 0 Å². The Labute approximate surface area is 145 Å². The van der Waals surface area contributed by atoms with Gasteiger partial charge in [0.2, 0.25) is 0 Å². The zero-order valence-corrected chi connectivity index (χ0v) is 14.3. The monoisotopic (exact) mass is 362 g/mol. The highest BCUT2D eigenvalue weighted by atomic mass is 35.5. The number of amides is 1. The normalized spacial score (nSPS) is 24.0. The van der Waals surface area contributed by atoms with Crippen molar-refractivity contribution < 1.29 is 13.6 Å². The molecule has 0 bridgehead atoms. The molecule has 2 saturated heterocycles. The van der Waals surface area contributed by atoms with Gasteiger partial charge in [0.15, 0.2) is 0 Å². The summed E-state index contributed by atoms with van der Waals surface area (Å²) in [7, 11) is 0. The van der Waals surface area contributed by atoms with Gasteiger partial charge in [-0.05, 0) is 49.9 Å². The maximum Gasteiger partial charge on any atom is 0.288 e. The van der Waals surface area contributed by atoms with E-state index in [1.54, 1.807) is 24.3 Å². The van der Waals surface area contributed by atoms with Crippen molar-refractivity contribution in [3.05, 3.63) is 29.8 Å². The number of nitrogens with zero attached hydrogens (tertiary/aromatic N) is 1. The predicted molar refractivity (Wildman–Crippen MR) is 90.5 cm³/mol. The molecule has 0 aromatic heterocycles. The molecular formula is C16H21ClF2N2OS. The van der Waals surface area contributed by atoms with Crippen LogP contribution in [0.2, 0.25) is 0 Å². The van der Waals surface area contributed by atoms with Gasteiger partial charge in [0.25, 0.3) is 11.7 Å². The molecule has 1 aromatic rings. The Morgan fingerprint density at radius 1 is 1.17 bits per heavy atom. The van der Waals surface area contributed by atoms with E-state index >= 15 is 0 Å². The highest BCUT2D eigenvalue weighted by Crippen LogP contribution is 2.31. The molecule has 1 N–H and O–H groups in total. The second-order valence-corrected chi connectivity index (χ2v) is 6.95. The number of hydrogen-bond donors (Lipinski definition) is 1. The molecule has 3 nitrogen and oxygen atoms in total. The molecular weight excluding hydrogens is 342 g/mol. The summed E-state index contributed by atoms with van der Waals surface area (Å²) in [5.74, 6) is -1.34. The van der Waals surface area contributed by atoms with Gasteiger partial charge >= 0.3 is 0 Å². The van der Waals surface area contributed by atoms with E-state index in [1.807, 2.05) is 4.90 Å². The van der Waals surface area contributed by atoms with Gasteiger partial charge < -0.3 is 10.2 Å². The Balaban J connectivity index is 0.00000192. The fourth-order valence-corrected chi connectivity index (χ4v) is 4.07. The Morgan fingerprint density at radius 3 is 2.39 bits per heavy atom. The molecule has 1 aromatic carbocycles. The number of hydrogen-bond acceptors (Lipinski definition) is 3. The lowest BCUT2D eigenvalue weighted by Crippen LogP contribution is -2.33. The van der Waals surface area contributed by atoms with Crippen molar-refractivity contribution in [2.45, 2.75) is 23.5 Å². The second kappa shape index (κ2) is 8.31. The van der Waals surface area contributed by atoms with Crippen molar-refractivity contribution in [3.8, 4) is 0 Å². The number of carbonyl (C=O) groups excluding carboxylic acids is 1. The third-order valence-corrected chi connectivity index (χ3v) is 5.43. The number of benzene rings is 1. The van der Waals surface area contributed by atoms with Crippen LogP contribution < -0.4 is 5.32 Å². The summed E-state index contributed by atoms with van der Waals surface area (Å²) in [5.41, 5.74) is 0.401. The average Bonchev–Trinajstić information content (AvgIpc) is 2.85. The number of fused-ring (bicyclic) bond motifs is 1. The highest BCUT2D eigenvalue weighted by molar-refractivity contribution is 7.99. The zero-order chi connectivity index (χ0) is 15.5. The Hall–Kier alpha value is -0.850. The lowest BCUT2D eigenvalue weighted by Gasteiger charge is -2.22. The lowest BCUT2D eigenvalue weighted by atomic mass is 9.92. The van der Waals surface area contributed by atoms with Crippen LogP contribution in [0, 0.1) is 11.8 Å². The summed E-state index contributed by atoms with van der Waals surface area (Å²) in [5, 5.41) is 3.41. The topological polar surface area (TPSA) is 32.3 Å². The van der Waals surface area contributed by atoms with Crippen molar-refractivity contribution in [2.75, 3.05) is 26.2 Å². The maximum absolute atomic E-state index is 12.7. The molecule has 2 aliphatic rings. The number of thioether (sulfide) groups is 1. The van der Waals surface area contributed by atoms with Crippen molar-refractivity contribution >= 4 is 30.1 Å². The van der Waals surface area contributed by atoms with E-state index in [0.717, 1.165) is 39.0 Å². The quantitative estimate of drug-likeness (QED) is 0.835. The smallest absolute Gasteiger partial charge is 0.288 e. The first kappa shape index (κ1) is 18.5. The third kappa shape index (κ3) is 4.37. The van der Waals surface area contributed by atoms with Crippen LogP contribution in [0.15, 0.2) is 29.2 Å². The Kier molecular flexibility index (Phi) is 6.68. The molecule has 0 saturated carbocycles. The first-order valence-electron chi connectivity index (χ1n) is 7.69. The van der Waals surface area contributed by atoms with Crippen LogP contribution in [0.3, 0.4) is 0 Å². The van der Waals surface area contributed by atoms with Crippen molar-refractivity contribution in [2.24, 2.45) is 11.8 Å². The molecule has 0 unspecified atom stereocenters. The largest absolute Gasteiger partial charge is 0.339 e. The molecule has 128 valence electrons. The Morgan fingerprint density at radius 2 is 1.78 bits per heavy atom. The number of rotatable bonds is 3. The number of nitrogens with one attached hydrogen (secondary N) is 1. The molecule has 2 atom stereocenters. The SMILES string of the molecule is Cl.O=C(c1ccccc1SC(F)F)N1CC[C@@H]2CNC[C@@H]2CC1. The third-order valence-electron chi connectivity index (χ3n) is 4.64. The van der Waals surface area contributed by atoms with E-state index in [9.17, 15) is 13.6 Å². The van der Waals surface area contributed by atoms with Crippen LogP contribution in [0.1, 0.15) is 23.2 Å². The van der Waals surface area contributed by atoms with Crippen LogP contribution in [0.25, 0.3) is 0 Å². The van der Waals surface area contributed by atoms with E-state index in [-0.39, 0.29) is 18.3 Å². The van der Waals surface area contributed by atoms with E-state index in [1.165, 1.54) is 0 Å². The summed E-state index contributed by atoms with van der Waals surface area (Å²) < 4.78 is 25.3. The van der Waals surface area contributed by atoms with Crippen molar-refractivity contribution in [1.29, 1.82) is 0 Å². The van der Waals surface area contributed by atoms with Gasteiger partial charge in [-0.15, -0.1) is 12.4 Å². The molecule has 0 aliphatic carbocycles. The molecule has 1 amide bonds. The number of halogens is 3. The maximum atomic E-state index is 12.7. The number of likely N-dealkylation sites (tertiary alicyclic amines) is 1. The predicted octanol–water partition coefficient (Wildman–Crippen LogP) is 3.49. The fourth-order valence-electron chi connectivity index (χ4n) is 3.43. The highest BCUT2D eigenvalue weighted by Gasteiger charge is 2.32. The minimum Gasteiger partial charge on any atom is -0.339 e. The lowest BCUT2D eigenvalue weighted by molar-refractivity contribution is 0.0755. The van der Waals surface area contributed by atoms with Crippen LogP contribution in [0.4, 0.5) is 8.78 Å². The molecule has 0 spiro atoms. The molecule has 23 heavy (non-hydrogen) atoms. The summed E-state index contributed by atoms with van der Waals surface area (Å²) >= 11 is 0.449. The first-order chi connectivity index (χ1) is 10.6. The standard InChI is InChI=1S/C16H20F2N2OS.ClH/c17-16(18)22-14-4-2-1-3-13(14)15(21)20-7-5-11-9-19-10-12(11)6-8-20;/h1-4,11-12,16,19H,5-10H2;1H/t11-,12+;. The molecule has 2 aliphatic heterocycles. The Bertz CT molecular complexity index is 533. The summed E-state index contributed by atoms with van der Waals surface area (Å²) in [6, 6.07) is 6.68. The van der Waals surface area contributed by atoms with E-state index in [4.69, 9.17) is 0 Å². The van der Waals surface area contributed by atoms with Gasteiger partial charge in [0.05, 0.1) is 5.56 Å². The minimum absolute atomic E-state index is 0. The van der Waals surface area contributed by atoms with Gasteiger partial charge in [-0.2, -0.15) is 8.78 Å². The van der Waals surface area contributed by atoms with Crippen LogP contribution >= 0.6 is 24.2 Å². The van der Waals surface area contributed by atoms with Crippen LogP contribution in [-0.4, -0.2) is 42.7 Å². The van der Waals surface area contributed by atoms with E-state index in [0.29, 0.717) is 34.1 Å². The van der Waals surface area contributed by atoms with Gasteiger partial charge in [-0.3, -0.25) is 4.79 Å².